The van der Waals surface area contributed by atoms with E-state index in [-0.39, 0.29) is 11.8 Å². The fourth-order valence-corrected chi connectivity index (χ4v) is 1.77. The highest BCUT2D eigenvalue weighted by molar-refractivity contribution is 5.72. The van der Waals surface area contributed by atoms with E-state index >= 15 is 0 Å². The fourth-order valence-electron chi connectivity index (χ4n) is 1.77. The lowest BCUT2D eigenvalue weighted by Gasteiger charge is -2.11. The zero-order chi connectivity index (χ0) is 9.26. The molecule has 1 aliphatic heterocycles. The fraction of sp³-hybridized carbons (Fsp3) is 0.444. The molecule has 4 nitrogen and oxygen atoms in total. The number of aliphatic carboxylic acids is 1. The standard InChI is InChI=1S/C9H11NO3/c11-9(12)8-4-10-3-7(8)6-1-2-13-5-6/h1-2,5,7-8,10H,3-4H2,(H,11,12). The summed E-state index contributed by atoms with van der Waals surface area (Å²) in [6.07, 6.45) is 3.19. The first-order valence-electron chi connectivity index (χ1n) is 4.24. The van der Waals surface area contributed by atoms with Crippen molar-refractivity contribution in [2.75, 3.05) is 13.1 Å². The number of furan rings is 1. The van der Waals surface area contributed by atoms with E-state index in [1.54, 1.807) is 12.5 Å². The molecule has 0 bridgehead atoms. The van der Waals surface area contributed by atoms with Gasteiger partial charge in [0.1, 0.15) is 0 Å². The van der Waals surface area contributed by atoms with Gasteiger partial charge < -0.3 is 14.8 Å². The van der Waals surface area contributed by atoms with E-state index in [1.165, 1.54) is 0 Å². The predicted molar refractivity (Wildman–Crippen MR) is 45.4 cm³/mol. The summed E-state index contributed by atoms with van der Waals surface area (Å²) in [6, 6.07) is 1.83. The molecule has 1 fully saturated rings. The minimum absolute atomic E-state index is 0.0521. The number of carboxylic acids is 1. The Labute approximate surface area is 75.6 Å². The first kappa shape index (κ1) is 8.31. The quantitative estimate of drug-likeness (QED) is 0.703. The third-order valence-corrected chi connectivity index (χ3v) is 2.50. The van der Waals surface area contributed by atoms with Gasteiger partial charge in [-0.3, -0.25) is 4.79 Å². The van der Waals surface area contributed by atoms with Crippen molar-refractivity contribution in [1.82, 2.24) is 5.32 Å². The van der Waals surface area contributed by atoms with Gasteiger partial charge in [-0.1, -0.05) is 0 Å². The van der Waals surface area contributed by atoms with Gasteiger partial charge in [0.2, 0.25) is 0 Å². The van der Waals surface area contributed by atoms with Gasteiger partial charge in [0.25, 0.3) is 0 Å². The Morgan fingerprint density at radius 1 is 1.62 bits per heavy atom. The minimum Gasteiger partial charge on any atom is -0.481 e. The zero-order valence-electron chi connectivity index (χ0n) is 7.06. The topological polar surface area (TPSA) is 62.5 Å². The molecule has 70 valence electrons. The van der Waals surface area contributed by atoms with Crippen molar-refractivity contribution in [3.63, 3.8) is 0 Å². The van der Waals surface area contributed by atoms with Crippen LogP contribution in [-0.4, -0.2) is 24.2 Å². The molecule has 0 amide bonds. The predicted octanol–water partition coefficient (Wildman–Crippen LogP) is 0.667. The average molecular weight is 181 g/mol. The minimum atomic E-state index is -0.740. The largest absolute Gasteiger partial charge is 0.481 e. The second-order valence-corrected chi connectivity index (χ2v) is 3.27. The zero-order valence-corrected chi connectivity index (χ0v) is 7.06. The summed E-state index contributed by atoms with van der Waals surface area (Å²) in [5.74, 6) is -1.01. The average Bonchev–Trinajstić information content (AvgIpc) is 2.74. The van der Waals surface area contributed by atoms with Crippen LogP contribution in [0.2, 0.25) is 0 Å². The highest BCUT2D eigenvalue weighted by Crippen LogP contribution is 2.28. The summed E-state index contributed by atoms with van der Waals surface area (Å²) < 4.78 is 4.93. The number of nitrogens with one attached hydrogen (secondary N) is 1. The Morgan fingerprint density at radius 2 is 2.46 bits per heavy atom. The molecule has 2 heterocycles. The number of rotatable bonds is 2. The van der Waals surface area contributed by atoms with Crippen molar-refractivity contribution in [2.24, 2.45) is 5.92 Å². The summed E-state index contributed by atoms with van der Waals surface area (Å²) in [5.41, 5.74) is 0.970. The maximum Gasteiger partial charge on any atom is 0.308 e. The Hall–Kier alpha value is -1.29. The van der Waals surface area contributed by atoms with Crippen molar-refractivity contribution < 1.29 is 14.3 Å². The van der Waals surface area contributed by atoms with Crippen LogP contribution in [0.25, 0.3) is 0 Å². The van der Waals surface area contributed by atoms with Gasteiger partial charge in [-0.05, 0) is 11.6 Å². The molecular weight excluding hydrogens is 170 g/mol. The lowest BCUT2D eigenvalue weighted by molar-refractivity contribution is -0.141. The van der Waals surface area contributed by atoms with Crippen LogP contribution in [0.3, 0.4) is 0 Å². The normalized spacial score (nSPS) is 27.7. The summed E-state index contributed by atoms with van der Waals surface area (Å²) in [5, 5.41) is 12.0. The van der Waals surface area contributed by atoms with Gasteiger partial charge in [-0.2, -0.15) is 0 Å². The highest BCUT2D eigenvalue weighted by atomic mass is 16.4. The van der Waals surface area contributed by atoms with E-state index in [9.17, 15) is 4.79 Å². The van der Waals surface area contributed by atoms with Crippen LogP contribution < -0.4 is 5.32 Å². The molecule has 1 aliphatic rings. The van der Waals surface area contributed by atoms with E-state index in [0.717, 1.165) is 12.1 Å². The first-order valence-corrected chi connectivity index (χ1v) is 4.24. The van der Waals surface area contributed by atoms with Crippen LogP contribution in [0.1, 0.15) is 11.5 Å². The molecule has 1 aromatic heterocycles. The molecule has 13 heavy (non-hydrogen) atoms. The molecule has 0 spiro atoms. The Balaban J connectivity index is 2.19. The molecule has 2 rings (SSSR count). The van der Waals surface area contributed by atoms with E-state index in [0.29, 0.717) is 6.54 Å². The Kier molecular flexibility index (Phi) is 2.06. The van der Waals surface area contributed by atoms with Gasteiger partial charge in [0.15, 0.2) is 0 Å². The molecule has 0 saturated carbocycles. The summed E-state index contributed by atoms with van der Waals surface area (Å²) in [6.45, 7) is 1.27. The van der Waals surface area contributed by atoms with Gasteiger partial charge >= 0.3 is 5.97 Å². The van der Waals surface area contributed by atoms with Crippen LogP contribution >= 0.6 is 0 Å². The van der Waals surface area contributed by atoms with Gasteiger partial charge in [0.05, 0.1) is 18.4 Å². The van der Waals surface area contributed by atoms with Crippen LogP contribution in [0, 0.1) is 5.92 Å². The smallest absolute Gasteiger partial charge is 0.308 e. The summed E-state index contributed by atoms with van der Waals surface area (Å²) in [7, 11) is 0. The first-order chi connectivity index (χ1) is 6.29. The lowest BCUT2D eigenvalue weighted by atomic mass is 9.91. The second kappa shape index (κ2) is 3.22. The molecule has 1 aromatic rings. The number of carboxylic acid groups (broad SMARTS) is 1. The molecule has 4 heteroatoms. The van der Waals surface area contributed by atoms with Gasteiger partial charge in [-0.15, -0.1) is 0 Å². The molecule has 0 aromatic carbocycles. The SMILES string of the molecule is O=C(O)C1CNCC1c1ccoc1. The third kappa shape index (κ3) is 1.45. The Bertz CT molecular complexity index is 294. The number of hydrogen-bond donors (Lipinski definition) is 2. The maximum atomic E-state index is 10.8. The summed E-state index contributed by atoms with van der Waals surface area (Å²) >= 11 is 0. The lowest BCUT2D eigenvalue weighted by Crippen LogP contribution is -2.20. The molecular formula is C9H11NO3. The van der Waals surface area contributed by atoms with Gasteiger partial charge in [0, 0.05) is 19.0 Å². The van der Waals surface area contributed by atoms with Crippen molar-refractivity contribution in [2.45, 2.75) is 5.92 Å². The maximum absolute atomic E-state index is 10.8. The van der Waals surface area contributed by atoms with E-state index in [1.807, 2.05) is 6.07 Å². The Morgan fingerprint density at radius 3 is 3.08 bits per heavy atom. The van der Waals surface area contributed by atoms with Crippen LogP contribution in [-0.2, 0) is 4.79 Å². The molecule has 0 aliphatic carbocycles. The van der Waals surface area contributed by atoms with Crippen LogP contribution in [0.5, 0.6) is 0 Å². The molecule has 1 saturated heterocycles. The van der Waals surface area contributed by atoms with E-state index < -0.39 is 5.97 Å². The third-order valence-electron chi connectivity index (χ3n) is 2.50. The van der Waals surface area contributed by atoms with Crippen molar-refractivity contribution in [3.05, 3.63) is 24.2 Å². The number of hydrogen-bond acceptors (Lipinski definition) is 3. The molecule has 2 unspecified atom stereocenters. The molecule has 2 N–H and O–H groups in total. The number of carbonyl (C=O) groups is 1. The van der Waals surface area contributed by atoms with E-state index in [4.69, 9.17) is 9.52 Å². The van der Waals surface area contributed by atoms with Crippen LogP contribution in [0.4, 0.5) is 0 Å². The van der Waals surface area contributed by atoms with Crippen molar-refractivity contribution in [1.29, 1.82) is 0 Å². The highest BCUT2D eigenvalue weighted by Gasteiger charge is 2.34. The molecule has 2 atom stereocenters. The van der Waals surface area contributed by atoms with Crippen molar-refractivity contribution in [3.8, 4) is 0 Å². The van der Waals surface area contributed by atoms with Gasteiger partial charge in [-0.25, -0.2) is 0 Å². The molecule has 0 radical (unpaired) electrons. The van der Waals surface area contributed by atoms with E-state index in [2.05, 4.69) is 5.32 Å². The van der Waals surface area contributed by atoms with Crippen LogP contribution in [0.15, 0.2) is 23.0 Å². The van der Waals surface area contributed by atoms with Crippen molar-refractivity contribution >= 4 is 5.97 Å². The second-order valence-electron chi connectivity index (χ2n) is 3.27. The monoisotopic (exact) mass is 181 g/mol. The summed E-state index contributed by atoms with van der Waals surface area (Å²) in [4.78, 5) is 10.8.